The lowest BCUT2D eigenvalue weighted by molar-refractivity contribution is 0.159. The van der Waals surface area contributed by atoms with Crippen molar-refractivity contribution in [1.82, 2.24) is 10.2 Å². The summed E-state index contributed by atoms with van der Waals surface area (Å²) in [5, 5.41) is 12.6. The van der Waals surface area contributed by atoms with Crippen LogP contribution in [0.3, 0.4) is 0 Å². The van der Waals surface area contributed by atoms with Crippen molar-refractivity contribution >= 4 is 0 Å². The molecule has 2 atom stereocenters. The second kappa shape index (κ2) is 7.25. The fourth-order valence-corrected chi connectivity index (χ4v) is 1.88. The second-order valence-corrected chi connectivity index (χ2v) is 5.94. The maximum Gasteiger partial charge on any atom is 0.0524 e. The van der Waals surface area contributed by atoms with Crippen molar-refractivity contribution < 1.29 is 5.11 Å². The van der Waals surface area contributed by atoms with Gasteiger partial charge in [-0.2, -0.15) is 0 Å². The van der Waals surface area contributed by atoms with Gasteiger partial charge in [-0.15, -0.1) is 0 Å². The molecule has 0 spiro atoms. The summed E-state index contributed by atoms with van der Waals surface area (Å²) < 4.78 is 0. The second-order valence-electron chi connectivity index (χ2n) is 5.94. The first-order valence-electron chi connectivity index (χ1n) is 6.31. The molecule has 0 aliphatic rings. The largest absolute Gasteiger partial charge is 0.393 e. The van der Waals surface area contributed by atoms with Gasteiger partial charge in [-0.1, -0.05) is 20.8 Å². The minimum Gasteiger partial charge on any atom is -0.393 e. The number of nitrogens with zero attached hydrogens (tertiary/aromatic N) is 1. The quantitative estimate of drug-likeness (QED) is 0.699. The lowest BCUT2D eigenvalue weighted by Crippen LogP contribution is -2.40. The van der Waals surface area contributed by atoms with Crippen LogP contribution in [0.5, 0.6) is 0 Å². The average molecular weight is 230 g/mol. The number of aliphatic hydroxyl groups excluding tert-OH is 1. The fraction of sp³-hybridized carbons (Fsp3) is 1.00. The third-order valence-electron chi connectivity index (χ3n) is 3.12. The zero-order valence-corrected chi connectivity index (χ0v) is 11.9. The highest BCUT2D eigenvalue weighted by Crippen LogP contribution is 2.21. The smallest absolute Gasteiger partial charge is 0.0524 e. The van der Waals surface area contributed by atoms with E-state index in [1.54, 1.807) is 0 Å². The van der Waals surface area contributed by atoms with E-state index in [1.165, 1.54) is 0 Å². The molecule has 0 aromatic heterocycles. The standard InChI is InChI=1S/C13H30N2O/c1-11(16)7-9-15(6)10-8-12(14-5)13(2,3)4/h11-12,14,16H,7-10H2,1-6H3. The third-order valence-corrected chi connectivity index (χ3v) is 3.12. The molecule has 0 radical (unpaired) electrons. The van der Waals surface area contributed by atoms with E-state index < -0.39 is 0 Å². The van der Waals surface area contributed by atoms with Gasteiger partial charge in [-0.25, -0.2) is 0 Å². The molecule has 3 nitrogen and oxygen atoms in total. The molecule has 0 amide bonds. The third kappa shape index (κ3) is 7.20. The number of rotatable bonds is 7. The van der Waals surface area contributed by atoms with Crippen LogP contribution in [0.4, 0.5) is 0 Å². The fourth-order valence-electron chi connectivity index (χ4n) is 1.88. The zero-order valence-electron chi connectivity index (χ0n) is 11.9. The van der Waals surface area contributed by atoms with E-state index in [0.717, 1.165) is 25.9 Å². The summed E-state index contributed by atoms with van der Waals surface area (Å²) in [5.41, 5.74) is 0.305. The molecule has 2 unspecified atom stereocenters. The minimum absolute atomic E-state index is 0.190. The Morgan fingerprint density at radius 2 is 1.69 bits per heavy atom. The van der Waals surface area contributed by atoms with Crippen LogP contribution in [0.2, 0.25) is 0 Å². The van der Waals surface area contributed by atoms with Gasteiger partial charge in [-0.05, 0) is 45.8 Å². The summed E-state index contributed by atoms with van der Waals surface area (Å²) in [6.07, 6.45) is 1.82. The molecule has 16 heavy (non-hydrogen) atoms. The number of aliphatic hydroxyl groups is 1. The molecule has 0 aromatic carbocycles. The van der Waals surface area contributed by atoms with Gasteiger partial charge in [-0.3, -0.25) is 0 Å². The number of hydrogen-bond donors (Lipinski definition) is 2. The molecule has 0 bridgehead atoms. The zero-order chi connectivity index (χ0) is 12.8. The first kappa shape index (κ1) is 15.9. The molecule has 0 aliphatic heterocycles. The Balaban J connectivity index is 3.84. The predicted molar refractivity (Wildman–Crippen MR) is 70.7 cm³/mol. The monoisotopic (exact) mass is 230 g/mol. The van der Waals surface area contributed by atoms with Crippen LogP contribution in [-0.2, 0) is 0 Å². The number of nitrogens with one attached hydrogen (secondary N) is 1. The van der Waals surface area contributed by atoms with Gasteiger partial charge in [0.1, 0.15) is 0 Å². The van der Waals surface area contributed by atoms with E-state index in [4.69, 9.17) is 0 Å². The SMILES string of the molecule is CNC(CCN(C)CCC(C)O)C(C)(C)C. The van der Waals surface area contributed by atoms with Gasteiger partial charge in [0, 0.05) is 12.6 Å². The van der Waals surface area contributed by atoms with Crippen LogP contribution in [0, 0.1) is 5.41 Å². The van der Waals surface area contributed by atoms with E-state index in [9.17, 15) is 5.11 Å². The number of hydrogen-bond acceptors (Lipinski definition) is 3. The molecule has 0 aliphatic carbocycles. The maximum absolute atomic E-state index is 9.22. The average Bonchev–Trinajstić information content (AvgIpc) is 2.13. The van der Waals surface area contributed by atoms with Crippen LogP contribution in [0.25, 0.3) is 0 Å². The molecule has 0 aromatic rings. The molecule has 0 saturated carbocycles. The van der Waals surface area contributed by atoms with Gasteiger partial charge in [0.15, 0.2) is 0 Å². The Bertz CT molecular complexity index is 175. The van der Waals surface area contributed by atoms with Gasteiger partial charge in [0.2, 0.25) is 0 Å². The van der Waals surface area contributed by atoms with Crippen molar-refractivity contribution in [2.75, 3.05) is 27.2 Å². The summed E-state index contributed by atoms with van der Waals surface area (Å²) in [6.45, 7) is 10.7. The summed E-state index contributed by atoms with van der Waals surface area (Å²) >= 11 is 0. The topological polar surface area (TPSA) is 35.5 Å². The van der Waals surface area contributed by atoms with Crippen LogP contribution in [0.1, 0.15) is 40.5 Å². The van der Waals surface area contributed by atoms with Gasteiger partial charge >= 0.3 is 0 Å². The highest BCUT2D eigenvalue weighted by molar-refractivity contribution is 4.79. The van der Waals surface area contributed by atoms with Crippen molar-refractivity contribution in [3.63, 3.8) is 0 Å². The molecule has 98 valence electrons. The molecule has 2 N–H and O–H groups in total. The van der Waals surface area contributed by atoms with E-state index >= 15 is 0 Å². The van der Waals surface area contributed by atoms with Gasteiger partial charge in [0.05, 0.1) is 6.10 Å². The first-order valence-corrected chi connectivity index (χ1v) is 6.31. The molecule has 0 rings (SSSR count). The van der Waals surface area contributed by atoms with E-state index in [0.29, 0.717) is 11.5 Å². The predicted octanol–water partition coefficient (Wildman–Crippen LogP) is 1.71. The van der Waals surface area contributed by atoms with Crippen LogP contribution in [-0.4, -0.2) is 49.3 Å². The van der Waals surface area contributed by atoms with Gasteiger partial charge < -0.3 is 15.3 Å². The minimum atomic E-state index is -0.190. The molecular weight excluding hydrogens is 200 g/mol. The molecule has 0 fully saturated rings. The molecule has 0 heterocycles. The highest BCUT2D eigenvalue weighted by Gasteiger charge is 2.22. The Hall–Kier alpha value is -0.120. The summed E-state index contributed by atoms with van der Waals surface area (Å²) in [6, 6.07) is 0.543. The normalized spacial score (nSPS) is 16.5. The summed E-state index contributed by atoms with van der Waals surface area (Å²) in [5.74, 6) is 0. The van der Waals surface area contributed by atoms with Crippen molar-refractivity contribution in [3.05, 3.63) is 0 Å². The summed E-state index contributed by atoms with van der Waals surface area (Å²) in [4.78, 5) is 2.29. The Kier molecular flexibility index (Phi) is 7.20. The first-order chi connectivity index (χ1) is 7.27. The summed E-state index contributed by atoms with van der Waals surface area (Å²) in [7, 11) is 4.16. The van der Waals surface area contributed by atoms with E-state index in [-0.39, 0.29) is 6.10 Å². The Morgan fingerprint density at radius 1 is 1.19 bits per heavy atom. The van der Waals surface area contributed by atoms with Crippen molar-refractivity contribution in [2.24, 2.45) is 5.41 Å². The Morgan fingerprint density at radius 3 is 2.06 bits per heavy atom. The van der Waals surface area contributed by atoms with E-state index in [2.05, 4.69) is 38.0 Å². The molecule has 3 heteroatoms. The van der Waals surface area contributed by atoms with Crippen molar-refractivity contribution in [2.45, 2.75) is 52.7 Å². The van der Waals surface area contributed by atoms with Crippen molar-refractivity contribution in [1.29, 1.82) is 0 Å². The van der Waals surface area contributed by atoms with Crippen LogP contribution >= 0.6 is 0 Å². The van der Waals surface area contributed by atoms with Crippen LogP contribution < -0.4 is 5.32 Å². The van der Waals surface area contributed by atoms with E-state index in [1.807, 2.05) is 14.0 Å². The van der Waals surface area contributed by atoms with Crippen LogP contribution in [0.15, 0.2) is 0 Å². The van der Waals surface area contributed by atoms with Gasteiger partial charge in [0.25, 0.3) is 0 Å². The lowest BCUT2D eigenvalue weighted by Gasteiger charge is -2.32. The molecule has 0 saturated heterocycles. The maximum atomic E-state index is 9.22. The lowest BCUT2D eigenvalue weighted by atomic mass is 9.85. The Labute approximate surface area is 101 Å². The van der Waals surface area contributed by atoms with Crippen molar-refractivity contribution in [3.8, 4) is 0 Å². The molecular formula is C13H30N2O. The highest BCUT2D eigenvalue weighted by atomic mass is 16.3.